The van der Waals surface area contributed by atoms with Gasteiger partial charge in [0.25, 0.3) is 0 Å². The third-order valence-electron chi connectivity index (χ3n) is 10.1. The highest BCUT2D eigenvalue weighted by Gasteiger charge is 2.54. The molecule has 2 aliphatic rings. The smallest absolute Gasteiger partial charge is 0.339 e. The maximum absolute atomic E-state index is 13.8. The molecule has 3 rings (SSSR count). The largest absolute Gasteiger partial charge is 0.507 e. The maximum Gasteiger partial charge on any atom is 0.339 e. The Bertz CT molecular complexity index is 1180. The van der Waals surface area contributed by atoms with Gasteiger partial charge in [-0.05, 0) is 107 Å². The number of aliphatic hydroxyl groups is 1. The Hall–Kier alpha value is -1.74. The van der Waals surface area contributed by atoms with Crippen LogP contribution in [0.3, 0.4) is 0 Å². The van der Waals surface area contributed by atoms with Crippen molar-refractivity contribution in [3.63, 3.8) is 0 Å². The molecule has 1 aromatic carbocycles. The van der Waals surface area contributed by atoms with Gasteiger partial charge in [-0.15, -0.1) is 0 Å². The number of ether oxygens (including phenoxy) is 2. The predicted molar refractivity (Wildman–Crippen MR) is 168 cm³/mol. The molecule has 0 bridgehead atoms. The minimum absolute atomic E-state index is 0.0227. The van der Waals surface area contributed by atoms with E-state index >= 15 is 0 Å². The number of phenols is 1. The first-order valence-electron chi connectivity index (χ1n) is 15.7. The maximum atomic E-state index is 13.8. The fraction of sp³-hybridized carbons (Fsp3) is 0.706. The summed E-state index contributed by atoms with van der Waals surface area (Å²) < 4.78 is 13.9. The molecule has 1 aromatic rings. The molecule has 42 heavy (non-hydrogen) atoms. The Balaban J connectivity index is 1.73. The summed E-state index contributed by atoms with van der Waals surface area (Å²) in [6.45, 7) is 15.8. The lowest BCUT2D eigenvalue weighted by molar-refractivity contribution is -0.229. The van der Waals surface area contributed by atoms with Gasteiger partial charge in [0.2, 0.25) is 0 Å². The van der Waals surface area contributed by atoms with Gasteiger partial charge < -0.3 is 24.8 Å². The Kier molecular flexibility index (Phi) is 11.5. The molecule has 0 spiro atoms. The van der Waals surface area contributed by atoms with Crippen molar-refractivity contribution >= 4 is 27.7 Å². The number of carboxylic acid groups (broad SMARTS) is 1. The molecule has 3 N–H and O–H groups in total. The van der Waals surface area contributed by atoms with Crippen molar-refractivity contribution in [1.82, 2.24) is 0 Å². The van der Waals surface area contributed by atoms with Gasteiger partial charge in [-0.3, -0.25) is 4.79 Å². The van der Waals surface area contributed by atoms with Gasteiger partial charge >= 0.3 is 5.97 Å². The van der Waals surface area contributed by atoms with Gasteiger partial charge in [-0.2, -0.15) is 0 Å². The molecule has 2 heterocycles. The first-order chi connectivity index (χ1) is 19.6. The summed E-state index contributed by atoms with van der Waals surface area (Å²) >= 11 is 3.47. The molecular formula is C34H51BrO7. The SMILES string of the molecule is CCC(C(=O)C(C)=CC(C)CCc1c(Br)cc(C)c(O)c1C(=O)O)C1OC(CC)(C2CCC(O)(CC)C(C)O2)CC1C. The Morgan fingerprint density at radius 1 is 1.21 bits per heavy atom. The number of carbonyl (C=O) groups is 2. The van der Waals surface area contributed by atoms with Crippen molar-refractivity contribution < 1.29 is 34.4 Å². The van der Waals surface area contributed by atoms with Crippen LogP contribution >= 0.6 is 15.9 Å². The van der Waals surface area contributed by atoms with Crippen LogP contribution in [0.25, 0.3) is 0 Å². The van der Waals surface area contributed by atoms with Crippen LogP contribution in [0.4, 0.5) is 0 Å². The quantitative estimate of drug-likeness (QED) is 0.200. The lowest BCUT2D eigenvalue weighted by Gasteiger charge is -2.47. The molecule has 0 aromatic heterocycles. The van der Waals surface area contributed by atoms with Crippen LogP contribution in [-0.4, -0.2) is 56.6 Å². The summed E-state index contributed by atoms with van der Waals surface area (Å²) in [5.74, 6) is -1.33. The number of hydrogen-bond donors (Lipinski definition) is 3. The lowest BCUT2D eigenvalue weighted by Crippen LogP contribution is -2.55. The van der Waals surface area contributed by atoms with E-state index in [9.17, 15) is 24.9 Å². The number of halogens is 1. The van der Waals surface area contributed by atoms with E-state index in [4.69, 9.17) is 9.47 Å². The number of Topliss-reactive ketones (excluding diaryl/α,β-unsaturated/α-hetero) is 1. The number of aryl methyl sites for hydroxylation is 1. The third kappa shape index (κ3) is 6.98. The molecule has 0 saturated carbocycles. The van der Waals surface area contributed by atoms with E-state index in [0.29, 0.717) is 53.3 Å². The van der Waals surface area contributed by atoms with E-state index in [2.05, 4.69) is 29.8 Å². The van der Waals surface area contributed by atoms with E-state index < -0.39 is 17.2 Å². The fourth-order valence-electron chi connectivity index (χ4n) is 7.22. The van der Waals surface area contributed by atoms with Crippen LogP contribution < -0.4 is 0 Å². The van der Waals surface area contributed by atoms with Crippen LogP contribution in [0.5, 0.6) is 5.75 Å². The number of ketones is 1. The molecule has 2 aliphatic heterocycles. The molecule has 236 valence electrons. The molecule has 0 aliphatic carbocycles. The Morgan fingerprint density at radius 3 is 2.43 bits per heavy atom. The molecule has 7 nitrogen and oxygen atoms in total. The molecule has 8 unspecified atom stereocenters. The first kappa shape index (κ1) is 34.7. The lowest BCUT2D eigenvalue weighted by atomic mass is 9.77. The van der Waals surface area contributed by atoms with Crippen molar-refractivity contribution in [1.29, 1.82) is 0 Å². The molecule has 2 saturated heterocycles. The molecule has 8 atom stereocenters. The van der Waals surface area contributed by atoms with Crippen LogP contribution in [0.1, 0.15) is 115 Å². The minimum Gasteiger partial charge on any atom is -0.507 e. The fourth-order valence-corrected chi connectivity index (χ4v) is 7.96. The van der Waals surface area contributed by atoms with Crippen molar-refractivity contribution in [3.05, 3.63) is 38.9 Å². The molecule has 0 radical (unpaired) electrons. The Labute approximate surface area is 260 Å². The van der Waals surface area contributed by atoms with Gasteiger partial charge in [0, 0.05) is 10.4 Å². The second-order valence-electron chi connectivity index (χ2n) is 12.9. The number of rotatable bonds is 12. The molecule has 2 fully saturated rings. The van der Waals surface area contributed by atoms with Crippen molar-refractivity contribution in [3.8, 4) is 5.75 Å². The monoisotopic (exact) mass is 650 g/mol. The van der Waals surface area contributed by atoms with E-state index in [1.54, 1.807) is 13.0 Å². The average molecular weight is 652 g/mol. The highest BCUT2D eigenvalue weighted by Crippen LogP contribution is 2.48. The second-order valence-corrected chi connectivity index (χ2v) is 13.7. The summed E-state index contributed by atoms with van der Waals surface area (Å²) in [4.78, 5) is 25.7. The van der Waals surface area contributed by atoms with Crippen LogP contribution in [-0.2, 0) is 20.7 Å². The summed E-state index contributed by atoms with van der Waals surface area (Å²) in [6.07, 6.45) is 6.81. The summed E-state index contributed by atoms with van der Waals surface area (Å²) in [6, 6.07) is 1.74. The minimum atomic E-state index is -1.16. The zero-order chi connectivity index (χ0) is 31.6. The third-order valence-corrected chi connectivity index (χ3v) is 10.8. The number of aromatic carboxylic acids is 1. The average Bonchev–Trinajstić information content (AvgIpc) is 3.28. The molecule has 0 amide bonds. The Morgan fingerprint density at radius 2 is 1.88 bits per heavy atom. The number of allylic oxidation sites excluding steroid dienone is 2. The number of carboxylic acids is 1. The first-order valence-corrected chi connectivity index (χ1v) is 16.5. The van der Waals surface area contributed by atoms with Crippen molar-refractivity contribution in [2.45, 2.75) is 136 Å². The van der Waals surface area contributed by atoms with Crippen LogP contribution in [0, 0.1) is 24.7 Å². The number of benzene rings is 1. The predicted octanol–water partition coefficient (Wildman–Crippen LogP) is 7.55. The van der Waals surface area contributed by atoms with Crippen LogP contribution in [0.2, 0.25) is 0 Å². The van der Waals surface area contributed by atoms with Gasteiger partial charge in [0.05, 0.1) is 29.5 Å². The highest BCUT2D eigenvalue weighted by molar-refractivity contribution is 9.10. The molecule has 8 heteroatoms. The van der Waals surface area contributed by atoms with E-state index in [0.717, 1.165) is 19.3 Å². The van der Waals surface area contributed by atoms with Crippen molar-refractivity contribution in [2.75, 3.05) is 0 Å². The van der Waals surface area contributed by atoms with E-state index in [1.165, 1.54) is 0 Å². The standard InChI is InChI=1S/C34H51BrO7/c1-9-24(31-22(7)18-34(11-3,42-31)27-14-15-33(40,10-2)23(8)41-27)29(36)20(5)16-19(4)12-13-25-26(35)17-21(6)30(37)28(25)32(38)39/h16-17,19,22-24,27,31,37,40H,9-15,18H2,1-8H3,(H,38,39). The van der Waals surface area contributed by atoms with Crippen LogP contribution in [0.15, 0.2) is 22.2 Å². The van der Waals surface area contributed by atoms with Gasteiger partial charge in [-0.25, -0.2) is 4.79 Å². The number of hydrogen-bond acceptors (Lipinski definition) is 6. The number of carbonyl (C=O) groups excluding carboxylic acids is 1. The van der Waals surface area contributed by atoms with Gasteiger partial charge in [0.1, 0.15) is 11.3 Å². The van der Waals surface area contributed by atoms with Crippen molar-refractivity contribution in [2.24, 2.45) is 17.8 Å². The summed E-state index contributed by atoms with van der Waals surface area (Å²) in [5.41, 5.74) is 0.410. The van der Waals surface area contributed by atoms with Gasteiger partial charge in [-0.1, -0.05) is 56.6 Å². The summed E-state index contributed by atoms with van der Waals surface area (Å²) in [7, 11) is 0. The van der Waals surface area contributed by atoms with E-state index in [1.807, 2.05) is 40.7 Å². The van der Waals surface area contributed by atoms with Gasteiger partial charge in [0.15, 0.2) is 5.78 Å². The van der Waals surface area contributed by atoms with E-state index in [-0.39, 0.29) is 53.2 Å². The normalized spacial score (nSPS) is 31.6. The summed E-state index contributed by atoms with van der Waals surface area (Å²) in [5, 5.41) is 31.0. The topological polar surface area (TPSA) is 113 Å². The zero-order valence-electron chi connectivity index (χ0n) is 26.6. The molecular weight excluding hydrogens is 600 g/mol. The second kappa shape index (κ2) is 13.9. The highest BCUT2D eigenvalue weighted by atomic mass is 79.9. The zero-order valence-corrected chi connectivity index (χ0v) is 28.2. The number of aromatic hydroxyl groups is 1.